The predicted molar refractivity (Wildman–Crippen MR) is 108 cm³/mol. The molecule has 3 atom stereocenters. The van der Waals surface area contributed by atoms with Gasteiger partial charge in [0.2, 0.25) is 5.91 Å². The van der Waals surface area contributed by atoms with Crippen LogP contribution in [0.5, 0.6) is 0 Å². The van der Waals surface area contributed by atoms with E-state index in [1.165, 1.54) is 0 Å². The van der Waals surface area contributed by atoms with Crippen LogP contribution in [0.1, 0.15) is 50.4 Å². The Hall–Kier alpha value is -1.30. The summed E-state index contributed by atoms with van der Waals surface area (Å²) in [5.74, 6) is -0.0768. The van der Waals surface area contributed by atoms with E-state index in [0.717, 1.165) is 19.4 Å². The average Bonchev–Trinajstić information content (AvgIpc) is 2.56. The molecule has 0 bridgehead atoms. The Morgan fingerprint density at radius 1 is 1.27 bits per heavy atom. The van der Waals surface area contributed by atoms with Gasteiger partial charge in [-0.15, -0.1) is 12.4 Å². The number of halogens is 2. The lowest BCUT2D eigenvalue weighted by molar-refractivity contribution is -0.124. The van der Waals surface area contributed by atoms with Gasteiger partial charge in [0.05, 0.1) is 0 Å². The van der Waals surface area contributed by atoms with E-state index >= 15 is 0 Å². The second-order valence-electron chi connectivity index (χ2n) is 7.16. The number of hydrogen-bond acceptors (Lipinski definition) is 3. The van der Waals surface area contributed by atoms with Crippen LogP contribution in [0.15, 0.2) is 24.3 Å². The molecule has 1 fully saturated rings. The maximum atomic E-state index is 12.7. The fourth-order valence-corrected chi connectivity index (χ4v) is 3.20. The fourth-order valence-electron chi connectivity index (χ4n) is 3.07. The Balaban J connectivity index is 0.00000338. The van der Waals surface area contributed by atoms with Crippen molar-refractivity contribution in [3.8, 4) is 0 Å². The molecule has 1 heterocycles. The molecule has 1 aliphatic rings. The van der Waals surface area contributed by atoms with Gasteiger partial charge >= 0.3 is 0 Å². The Kier molecular flexibility index (Phi) is 9.41. The predicted octanol–water partition coefficient (Wildman–Crippen LogP) is 3.16. The molecule has 2 amide bonds. The second kappa shape index (κ2) is 10.8. The third-order valence-electron chi connectivity index (χ3n) is 4.52. The minimum atomic E-state index is -0.544. The van der Waals surface area contributed by atoms with Crippen LogP contribution in [0.3, 0.4) is 0 Å². The van der Waals surface area contributed by atoms with Crippen LogP contribution in [-0.4, -0.2) is 36.5 Å². The molecule has 146 valence electrons. The Bertz CT molecular complexity index is 593. The van der Waals surface area contributed by atoms with Gasteiger partial charge in [0, 0.05) is 22.7 Å². The highest BCUT2D eigenvalue weighted by atomic mass is 35.5. The number of carbonyl (C=O) groups excluding carboxylic acids is 2. The van der Waals surface area contributed by atoms with Gasteiger partial charge in [0.1, 0.15) is 6.04 Å². The summed E-state index contributed by atoms with van der Waals surface area (Å²) < 4.78 is 0. The number of amides is 2. The van der Waals surface area contributed by atoms with Gasteiger partial charge in [0.25, 0.3) is 5.91 Å². The number of piperidine rings is 1. The number of carbonyl (C=O) groups is 2. The van der Waals surface area contributed by atoms with Crippen molar-refractivity contribution in [1.82, 2.24) is 16.0 Å². The summed E-state index contributed by atoms with van der Waals surface area (Å²) in [7, 11) is 0. The normalized spacial score (nSPS) is 20.8. The van der Waals surface area contributed by atoms with Gasteiger partial charge in [-0.25, -0.2) is 0 Å². The van der Waals surface area contributed by atoms with Gasteiger partial charge in [-0.2, -0.15) is 0 Å². The van der Waals surface area contributed by atoms with Crippen molar-refractivity contribution in [2.24, 2.45) is 5.92 Å². The molecule has 3 N–H and O–H groups in total. The van der Waals surface area contributed by atoms with E-state index in [4.69, 9.17) is 11.6 Å². The van der Waals surface area contributed by atoms with Crippen molar-refractivity contribution in [2.45, 2.75) is 58.2 Å². The molecule has 1 aromatic carbocycles. The van der Waals surface area contributed by atoms with E-state index in [1.54, 1.807) is 24.3 Å². The van der Waals surface area contributed by atoms with Gasteiger partial charge in [-0.1, -0.05) is 25.4 Å². The summed E-state index contributed by atoms with van der Waals surface area (Å²) >= 11 is 5.86. The number of nitrogens with one attached hydrogen (secondary N) is 3. The minimum absolute atomic E-state index is 0. The third-order valence-corrected chi connectivity index (χ3v) is 4.78. The molecule has 2 rings (SSSR count). The fraction of sp³-hybridized carbons (Fsp3) is 0.579. The highest BCUT2D eigenvalue weighted by Gasteiger charge is 2.28. The summed E-state index contributed by atoms with van der Waals surface area (Å²) in [6.07, 6.45) is 2.60. The van der Waals surface area contributed by atoms with Crippen molar-refractivity contribution in [3.05, 3.63) is 34.9 Å². The third kappa shape index (κ3) is 6.78. The van der Waals surface area contributed by atoms with Gasteiger partial charge < -0.3 is 16.0 Å². The standard InChI is InChI=1S/C19H28ClN3O2.ClH/c1-12(2)11-17(19(25)22-16-5-4-10-21-13(16)3)23-18(24)14-6-8-15(20)9-7-14;/h6-9,12-13,16-17,21H,4-5,10-11H2,1-3H3,(H,22,25)(H,23,24);1H. The number of benzene rings is 1. The highest BCUT2D eigenvalue weighted by molar-refractivity contribution is 6.30. The first-order valence-electron chi connectivity index (χ1n) is 8.97. The van der Waals surface area contributed by atoms with Crippen LogP contribution in [0.4, 0.5) is 0 Å². The Morgan fingerprint density at radius 3 is 2.50 bits per heavy atom. The van der Waals surface area contributed by atoms with Crippen molar-refractivity contribution < 1.29 is 9.59 Å². The lowest BCUT2D eigenvalue weighted by Crippen LogP contribution is -2.56. The average molecular weight is 402 g/mol. The molecule has 7 heteroatoms. The van der Waals surface area contributed by atoms with Crippen molar-refractivity contribution in [2.75, 3.05) is 6.54 Å². The molecule has 0 radical (unpaired) electrons. The molecule has 0 aliphatic carbocycles. The monoisotopic (exact) mass is 401 g/mol. The van der Waals surface area contributed by atoms with Crippen LogP contribution < -0.4 is 16.0 Å². The van der Waals surface area contributed by atoms with E-state index in [-0.39, 0.29) is 36.3 Å². The smallest absolute Gasteiger partial charge is 0.251 e. The van der Waals surface area contributed by atoms with E-state index in [1.807, 2.05) is 13.8 Å². The molecular weight excluding hydrogens is 373 g/mol. The summed E-state index contributed by atoms with van der Waals surface area (Å²) in [6, 6.07) is 6.46. The zero-order valence-corrected chi connectivity index (χ0v) is 17.1. The van der Waals surface area contributed by atoms with E-state index in [0.29, 0.717) is 22.9 Å². The largest absolute Gasteiger partial charge is 0.350 e. The van der Waals surface area contributed by atoms with Crippen LogP contribution in [-0.2, 0) is 4.79 Å². The van der Waals surface area contributed by atoms with Crippen LogP contribution in [0.2, 0.25) is 5.02 Å². The van der Waals surface area contributed by atoms with E-state index < -0.39 is 6.04 Å². The molecule has 0 spiro atoms. The maximum absolute atomic E-state index is 12.7. The molecule has 0 aromatic heterocycles. The minimum Gasteiger partial charge on any atom is -0.350 e. The molecule has 3 unspecified atom stereocenters. The maximum Gasteiger partial charge on any atom is 0.251 e. The van der Waals surface area contributed by atoms with Gasteiger partial charge in [-0.3, -0.25) is 9.59 Å². The highest BCUT2D eigenvalue weighted by Crippen LogP contribution is 2.13. The molecule has 1 aromatic rings. The van der Waals surface area contributed by atoms with Crippen LogP contribution in [0.25, 0.3) is 0 Å². The summed E-state index contributed by atoms with van der Waals surface area (Å²) in [4.78, 5) is 25.2. The second-order valence-corrected chi connectivity index (χ2v) is 7.60. The molecule has 5 nitrogen and oxygen atoms in total. The van der Waals surface area contributed by atoms with Gasteiger partial charge in [-0.05, 0) is 62.9 Å². The summed E-state index contributed by atoms with van der Waals surface area (Å²) in [5.41, 5.74) is 0.499. The first-order chi connectivity index (χ1) is 11.9. The first-order valence-corrected chi connectivity index (χ1v) is 9.34. The van der Waals surface area contributed by atoms with Gasteiger partial charge in [0.15, 0.2) is 0 Å². The van der Waals surface area contributed by atoms with Crippen molar-refractivity contribution in [1.29, 1.82) is 0 Å². The molecule has 26 heavy (non-hydrogen) atoms. The number of rotatable bonds is 6. The summed E-state index contributed by atoms with van der Waals surface area (Å²) in [6.45, 7) is 7.14. The molecule has 1 aliphatic heterocycles. The zero-order valence-electron chi connectivity index (χ0n) is 15.5. The Morgan fingerprint density at radius 2 is 1.92 bits per heavy atom. The molecule has 1 saturated heterocycles. The van der Waals surface area contributed by atoms with Crippen LogP contribution >= 0.6 is 24.0 Å². The Labute approximate surface area is 167 Å². The first kappa shape index (κ1) is 22.7. The van der Waals surface area contributed by atoms with E-state index in [2.05, 4.69) is 22.9 Å². The lowest BCUT2D eigenvalue weighted by Gasteiger charge is -2.32. The molecule has 0 saturated carbocycles. The lowest BCUT2D eigenvalue weighted by atomic mass is 9.98. The quantitative estimate of drug-likeness (QED) is 0.685. The zero-order chi connectivity index (χ0) is 18.4. The SMILES string of the molecule is CC(C)CC(NC(=O)c1ccc(Cl)cc1)C(=O)NC1CCCNC1C.Cl. The van der Waals surface area contributed by atoms with E-state index in [9.17, 15) is 9.59 Å². The summed E-state index contributed by atoms with van der Waals surface area (Å²) in [5, 5.41) is 9.93. The van der Waals surface area contributed by atoms with Crippen molar-refractivity contribution in [3.63, 3.8) is 0 Å². The van der Waals surface area contributed by atoms with Crippen molar-refractivity contribution >= 4 is 35.8 Å². The molecular formula is C19H29Cl2N3O2. The van der Waals surface area contributed by atoms with Crippen LogP contribution in [0, 0.1) is 5.92 Å². The number of hydrogen-bond donors (Lipinski definition) is 3. The topological polar surface area (TPSA) is 70.2 Å².